The highest BCUT2D eigenvalue weighted by molar-refractivity contribution is 7.23. The molecule has 0 atom stereocenters. The van der Waals surface area contributed by atoms with E-state index in [1.165, 1.54) is 11.3 Å². The predicted octanol–water partition coefficient (Wildman–Crippen LogP) is 4.81. The van der Waals surface area contributed by atoms with Gasteiger partial charge in [0.2, 0.25) is 4.96 Å². The number of benzene rings is 2. The lowest BCUT2D eigenvalue weighted by molar-refractivity contribution is 0.0514. The molecule has 0 aliphatic rings. The third kappa shape index (κ3) is 4.72. The number of nitrogens with one attached hydrogen (secondary N) is 1. The first-order valence-electron chi connectivity index (χ1n) is 10.3. The van der Waals surface area contributed by atoms with Crippen LogP contribution in [0, 0.1) is 0 Å². The number of amides is 1. The summed E-state index contributed by atoms with van der Waals surface area (Å²) in [6, 6.07) is 13.1. The average Bonchev–Trinajstić information content (AvgIpc) is 3.29. The van der Waals surface area contributed by atoms with Gasteiger partial charge in [-0.3, -0.25) is 0 Å². The Morgan fingerprint density at radius 2 is 1.88 bits per heavy atom. The molecule has 9 heteroatoms. The van der Waals surface area contributed by atoms with Crippen molar-refractivity contribution in [2.45, 2.75) is 39.8 Å². The van der Waals surface area contributed by atoms with Crippen molar-refractivity contribution in [1.82, 2.24) is 19.9 Å². The molecule has 0 unspecified atom stereocenters. The SMILES string of the molecule is CCOC(=O)c1ccc2c(c1)sc1nc(-c3ccc(CNC(=O)OC(C)(C)C)cc3)nn12. The molecule has 0 bridgehead atoms. The van der Waals surface area contributed by atoms with Crippen LogP contribution >= 0.6 is 11.3 Å². The van der Waals surface area contributed by atoms with Crippen molar-refractivity contribution >= 4 is 38.6 Å². The molecule has 2 aromatic carbocycles. The molecule has 32 heavy (non-hydrogen) atoms. The number of ether oxygens (including phenoxy) is 2. The number of carbonyl (C=O) groups is 2. The van der Waals surface area contributed by atoms with E-state index in [-0.39, 0.29) is 5.97 Å². The Balaban J connectivity index is 1.50. The Kier molecular flexibility index (Phi) is 5.84. The van der Waals surface area contributed by atoms with Crippen LogP contribution in [-0.4, -0.2) is 38.9 Å². The van der Waals surface area contributed by atoms with Crippen LogP contribution < -0.4 is 5.32 Å². The fourth-order valence-corrected chi connectivity index (χ4v) is 4.11. The molecule has 0 aliphatic carbocycles. The molecule has 1 N–H and O–H groups in total. The van der Waals surface area contributed by atoms with E-state index < -0.39 is 11.7 Å². The van der Waals surface area contributed by atoms with Gasteiger partial charge in [-0.15, -0.1) is 5.10 Å². The van der Waals surface area contributed by atoms with E-state index in [0.29, 0.717) is 24.5 Å². The summed E-state index contributed by atoms with van der Waals surface area (Å²) in [5, 5.41) is 7.38. The van der Waals surface area contributed by atoms with Gasteiger partial charge in [-0.2, -0.15) is 4.98 Å². The van der Waals surface area contributed by atoms with Crippen molar-refractivity contribution in [2.75, 3.05) is 6.61 Å². The maximum atomic E-state index is 12.0. The summed E-state index contributed by atoms with van der Waals surface area (Å²) in [5.74, 6) is 0.273. The van der Waals surface area contributed by atoms with Crippen LogP contribution in [0.4, 0.5) is 4.79 Å². The zero-order valence-corrected chi connectivity index (χ0v) is 19.2. The molecule has 4 aromatic rings. The molecule has 2 heterocycles. The number of hydrogen-bond donors (Lipinski definition) is 1. The summed E-state index contributed by atoms with van der Waals surface area (Å²) in [6.07, 6.45) is -0.449. The van der Waals surface area contributed by atoms with Crippen molar-refractivity contribution in [3.8, 4) is 11.4 Å². The summed E-state index contributed by atoms with van der Waals surface area (Å²) in [4.78, 5) is 29.2. The molecule has 4 rings (SSSR count). The van der Waals surface area contributed by atoms with Crippen molar-refractivity contribution in [3.05, 3.63) is 53.6 Å². The standard InChI is InChI=1S/C23H24N4O4S/c1-5-30-20(28)16-10-11-17-18(12-16)32-21-25-19(26-27(17)21)15-8-6-14(7-9-15)13-24-22(29)31-23(2,3)4/h6-12H,5,13H2,1-4H3,(H,24,29). The van der Waals surface area contributed by atoms with Gasteiger partial charge in [0.25, 0.3) is 0 Å². The number of fused-ring (bicyclic) bond motifs is 3. The van der Waals surface area contributed by atoms with Crippen LogP contribution in [0.3, 0.4) is 0 Å². The number of nitrogens with zero attached hydrogens (tertiary/aromatic N) is 3. The van der Waals surface area contributed by atoms with Crippen molar-refractivity contribution in [3.63, 3.8) is 0 Å². The van der Waals surface area contributed by atoms with Gasteiger partial charge >= 0.3 is 12.1 Å². The monoisotopic (exact) mass is 452 g/mol. The van der Waals surface area contributed by atoms with E-state index in [2.05, 4.69) is 15.4 Å². The molecule has 0 aliphatic heterocycles. The maximum Gasteiger partial charge on any atom is 0.407 e. The number of alkyl carbamates (subject to hydrolysis) is 1. The van der Waals surface area contributed by atoms with Gasteiger partial charge in [-0.1, -0.05) is 35.6 Å². The first-order valence-corrected chi connectivity index (χ1v) is 11.1. The third-order valence-electron chi connectivity index (χ3n) is 4.53. The van der Waals surface area contributed by atoms with Gasteiger partial charge in [-0.05, 0) is 51.5 Å². The molecule has 0 saturated heterocycles. The largest absolute Gasteiger partial charge is 0.462 e. The van der Waals surface area contributed by atoms with Gasteiger partial charge in [0.15, 0.2) is 5.82 Å². The minimum Gasteiger partial charge on any atom is -0.462 e. The van der Waals surface area contributed by atoms with Crippen LogP contribution in [0.25, 0.3) is 26.6 Å². The molecular formula is C23H24N4O4S. The fraction of sp³-hybridized carbons (Fsp3) is 0.304. The second-order valence-electron chi connectivity index (χ2n) is 8.19. The topological polar surface area (TPSA) is 94.8 Å². The van der Waals surface area contributed by atoms with E-state index in [1.54, 1.807) is 23.6 Å². The zero-order valence-electron chi connectivity index (χ0n) is 18.3. The fourth-order valence-electron chi connectivity index (χ4n) is 3.11. The number of carbonyl (C=O) groups excluding carboxylic acids is 2. The smallest absolute Gasteiger partial charge is 0.407 e. The molecule has 0 fully saturated rings. The summed E-state index contributed by atoms with van der Waals surface area (Å²) < 4.78 is 13.0. The molecule has 0 radical (unpaired) electrons. The van der Waals surface area contributed by atoms with Crippen molar-refractivity contribution in [2.24, 2.45) is 0 Å². The van der Waals surface area contributed by atoms with Gasteiger partial charge in [-0.25, -0.2) is 14.1 Å². The minimum absolute atomic E-state index is 0.338. The van der Waals surface area contributed by atoms with E-state index in [9.17, 15) is 9.59 Å². The second kappa shape index (κ2) is 8.58. The second-order valence-corrected chi connectivity index (χ2v) is 9.20. The minimum atomic E-state index is -0.530. The van der Waals surface area contributed by atoms with Crippen molar-refractivity contribution in [1.29, 1.82) is 0 Å². The lowest BCUT2D eigenvalue weighted by atomic mass is 10.1. The molecule has 1 amide bonds. The molecule has 0 saturated carbocycles. The summed E-state index contributed by atoms with van der Waals surface area (Å²) >= 11 is 1.47. The van der Waals surface area contributed by atoms with Crippen LogP contribution in [-0.2, 0) is 16.0 Å². The van der Waals surface area contributed by atoms with Gasteiger partial charge < -0.3 is 14.8 Å². The first-order chi connectivity index (χ1) is 15.2. The highest BCUT2D eigenvalue weighted by Gasteiger charge is 2.16. The van der Waals surface area contributed by atoms with E-state index >= 15 is 0 Å². The van der Waals surface area contributed by atoms with Crippen LogP contribution in [0.1, 0.15) is 43.6 Å². The Labute approximate surface area is 189 Å². The summed E-state index contributed by atoms with van der Waals surface area (Å²) in [5.41, 5.74) is 2.68. The summed E-state index contributed by atoms with van der Waals surface area (Å²) in [7, 11) is 0. The van der Waals surface area contributed by atoms with Crippen LogP contribution in [0.5, 0.6) is 0 Å². The summed E-state index contributed by atoms with van der Waals surface area (Å²) in [6.45, 7) is 7.97. The Bertz CT molecular complexity index is 1290. The first kappa shape index (κ1) is 21.8. The van der Waals surface area contributed by atoms with Gasteiger partial charge in [0.1, 0.15) is 5.60 Å². The molecule has 0 spiro atoms. The Morgan fingerprint density at radius 3 is 2.56 bits per heavy atom. The highest BCUT2D eigenvalue weighted by Crippen LogP contribution is 2.28. The van der Waals surface area contributed by atoms with Gasteiger partial charge in [0.05, 0.1) is 22.4 Å². The lowest BCUT2D eigenvalue weighted by Crippen LogP contribution is -2.32. The Hall–Kier alpha value is -3.46. The van der Waals surface area contributed by atoms with E-state index in [4.69, 9.17) is 9.47 Å². The third-order valence-corrected chi connectivity index (χ3v) is 5.52. The van der Waals surface area contributed by atoms with E-state index in [1.807, 2.05) is 51.1 Å². The number of hydrogen-bond acceptors (Lipinski definition) is 7. The molecule has 2 aromatic heterocycles. The normalized spacial score (nSPS) is 11.6. The number of aromatic nitrogens is 3. The van der Waals surface area contributed by atoms with Gasteiger partial charge in [0, 0.05) is 12.1 Å². The zero-order chi connectivity index (χ0) is 22.9. The average molecular weight is 453 g/mol. The number of esters is 1. The number of thiazole rings is 1. The molecule has 8 nitrogen and oxygen atoms in total. The van der Waals surface area contributed by atoms with Crippen molar-refractivity contribution < 1.29 is 19.1 Å². The van der Waals surface area contributed by atoms with E-state index in [0.717, 1.165) is 26.3 Å². The number of rotatable bonds is 5. The lowest BCUT2D eigenvalue weighted by Gasteiger charge is -2.19. The Morgan fingerprint density at radius 1 is 1.12 bits per heavy atom. The van der Waals surface area contributed by atoms with Crippen LogP contribution in [0.2, 0.25) is 0 Å². The van der Waals surface area contributed by atoms with Crippen LogP contribution in [0.15, 0.2) is 42.5 Å². The molecule has 166 valence electrons. The quantitative estimate of drug-likeness (QED) is 0.437. The molecular weight excluding hydrogens is 428 g/mol. The predicted molar refractivity (Wildman–Crippen MR) is 123 cm³/mol. The highest BCUT2D eigenvalue weighted by atomic mass is 32.1. The maximum absolute atomic E-state index is 12.0.